The van der Waals surface area contributed by atoms with Crippen molar-refractivity contribution in [2.45, 2.75) is 38.4 Å². The van der Waals surface area contributed by atoms with E-state index in [1.54, 1.807) is 24.5 Å². The first kappa shape index (κ1) is 22.3. The predicted octanol–water partition coefficient (Wildman–Crippen LogP) is 4.44. The molecule has 178 valence electrons. The highest BCUT2D eigenvalue weighted by Gasteiger charge is 2.45. The van der Waals surface area contributed by atoms with Crippen LogP contribution in [0.2, 0.25) is 0 Å². The van der Waals surface area contributed by atoms with Crippen molar-refractivity contribution >= 4 is 17.3 Å². The largest absolute Gasteiger partial charge is 0.496 e. The van der Waals surface area contributed by atoms with Gasteiger partial charge >= 0.3 is 5.97 Å². The third-order valence-electron chi connectivity index (χ3n) is 6.92. The van der Waals surface area contributed by atoms with Gasteiger partial charge in [-0.15, -0.1) is 0 Å². The van der Waals surface area contributed by atoms with Gasteiger partial charge in [-0.3, -0.25) is 4.79 Å². The van der Waals surface area contributed by atoms with Gasteiger partial charge in [-0.2, -0.15) is 0 Å². The molecule has 0 amide bonds. The molecule has 0 N–H and O–H groups in total. The lowest BCUT2D eigenvalue weighted by molar-refractivity contribution is -0.129. The minimum atomic E-state index is -0.422. The second-order valence-corrected chi connectivity index (χ2v) is 8.82. The van der Waals surface area contributed by atoms with Crippen molar-refractivity contribution in [2.24, 2.45) is 11.8 Å². The number of Topliss-reactive ketones (excluding diaryl/α,β-unsaturated/α-hetero) is 1. The number of methoxy groups -OCH3 is 1. The first-order valence-electron chi connectivity index (χ1n) is 11.7. The SMILES string of the molecule is CCC1CC2C(=O)C(c3ccc4c(c3)OCCO4)=COC2CC1OC(=O)c1ccccc1OC. The number of para-hydroxylation sites is 1. The number of hydrogen-bond acceptors (Lipinski definition) is 7. The molecule has 7 heteroatoms. The summed E-state index contributed by atoms with van der Waals surface area (Å²) in [7, 11) is 1.53. The number of allylic oxidation sites excluding steroid dienone is 1. The second kappa shape index (κ2) is 9.41. The van der Waals surface area contributed by atoms with Gasteiger partial charge in [0.2, 0.25) is 0 Å². The zero-order chi connectivity index (χ0) is 23.7. The molecule has 2 aromatic carbocycles. The fourth-order valence-corrected chi connectivity index (χ4v) is 5.06. The van der Waals surface area contributed by atoms with E-state index in [0.717, 1.165) is 12.0 Å². The average Bonchev–Trinajstić information content (AvgIpc) is 2.88. The first-order valence-corrected chi connectivity index (χ1v) is 11.7. The number of fused-ring (bicyclic) bond motifs is 2. The van der Waals surface area contributed by atoms with E-state index in [2.05, 4.69) is 6.92 Å². The number of carbonyl (C=O) groups is 2. The molecule has 2 aromatic rings. The van der Waals surface area contributed by atoms with E-state index in [9.17, 15) is 9.59 Å². The number of rotatable bonds is 5. The normalized spacial score (nSPS) is 25.5. The van der Waals surface area contributed by atoms with Crippen LogP contribution in [-0.4, -0.2) is 44.3 Å². The minimum absolute atomic E-state index is 0.0564. The number of carbonyl (C=O) groups excluding carboxylic acids is 2. The Kier molecular flexibility index (Phi) is 6.18. The van der Waals surface area contributed by atoms with Gasteiger partial charge in [-0.1, -0.05) is 25.1 Å². The highest BCUT2D eigenvalue weighted by Crippen LogP contribution is 2.42. The van der Waals surface area contributed by atoms with Crippen LogP contribution < -0.4 is 14.2 Å². The van der Waals surface area contributed by atoms with E-state index in [1.807, 2.05) is 24.3 Å². The number of ketones is 1. The summed E-state index contributed by atoms with van der Waals surface area (Å²) < 4.78 is 28.5. The molecule has 0 bridgehead atoms. The smallest absolute Gasteiger partial charge is 0.342 e. The molecule has 5 rings (SSSR count). The third kappa shape index (κ3) is 4.11. The second-order valence-electron chi connectivity index (χ2n) is 8.82. The number of hydrogen-bond donors (Lipinski definition) is 0. The van der Waals surface area contributed by atoms with Gasteiger partial charge in [0.15, 0.2) is 17.3 Å². The molecule has 4 atom stereocenters. The zero-order valence-corrected chi connectivity index (χ0v) is 19.3. The van der Waals surface area contributed by atoms with Crippen molar-refractivity contribution < 1.29 is 33.3 Å². The minimum Gasteiger partial charge on any atom is -0.496 e. The van der Waals surface area contributed by atoms with Crippen LogP contribution in [0.25, 0.3) is 5.57 Å². The fraction of sp³-hybridized carbons (Fsp3) is 0.407. The van der Waals surface area contributed by atoms with Crippen molar-refractivity contribution in [3.8, 4) is 17.2 Å². The number of esters is 1. The third-order valence-corrected chi connectivity index (χ3v) is 6.92. The molecule has 34 heavy (non-hydrogen) atoms. The lowest BCUT2D eigenvalue weighted by atomic mass is 9.72. The van der Waals surface area contributed by atoms with Crippen molar-refractivity contribution in [2.75, 3.05) is 20.3 Å². The van der Waals surface area contributed by atoms with Crippen LogP contribution in [0.15, 0.2) is 48.7 Å². The Bertz CT molecular complexity index is 1120. The summed E-state index contributed by atoms with van der Waals surface area (Å²) in [6.07, 6.45) is 2.75. The Morgan fingerprint density at radius 2 is 1.85 bits per heavy atom. The molecule has 0 radical (unpaired) electrons. The molecular formula is C27H28O7. The monoisotopic (exact) mass is 464 g/mol. The first-order chi connectivity index (χ1) is 16.6. The van der Waals surface area contributed by atoms with E-state index in [4.69, 9.17) is 23.7 Å². The molecule has 2 aliphatic heterocycles. The maximum Gasteiger partial charge on any atom is 0.342 e. The molecule has 1 saturated carbocycles. The topological polar surface area (TPSA) is 80.3 Å². The molecule has 0 spiro atoms. The van der Waals surface area contributed by atoms with Gasteiger partial charge in [-0.25, -0.2) is 4.79 Å². The maximum atomic E-state index is 13.5. The summed E-state index contributed by atoms with van der Waals surface area (Å²) in [5, 5.41) is 0. The van der Waals surface area contributed by atoms with E-state index in [0.29, 0.717) is 54.4 Å². The van der Waals surface area contributed by atoms with Crippen molar-refractivity contribution in [3.05, 3.63) is 59.9 Å². The van der Waals surface area contributed by atoms with Gasteiger partial charge in [0.05, 0.1) is 24.9 Å². The zero-order valence-electron chi connectivity index (χ0n) is 19.3. The molecular weight excluding hydrogens is 436 g/mol. The summed E-state index contributed by atoms with van der Waals surface area (Å²) in [6.45, 7) is 3.06. The Morgan fingerprint density at radius 3 is 2.65 bits per heavy atom. The van der Waals surface area contributed by atoms with E-state index in [-0.39, 0.29) is 29.8 Å². The summed E-state index contributed by atoms with van der Waals surface area (Å²) >= 11 is 0. The number of ether oxygens (including phenoxy) is 5. The predicted molar refractivity (Wildman–Crippen MR) is 124 cm³/mol. The van der Waals surface area contributed by atoms with Gasteiger partial charge in [-0.05, 0) is 48.6 Å². The van der Waals surface area contributed by atoms with Crippen LogP contribution >= 0.6 is 0 Å². The molecule has 7 nitrogen and oxygen atoms in total. The molecule has 2 heterocycles. The van der Waals surface area contributed by atoms with Crippen molar-refractivity contribution in [1.82, 2.24) is 0 Å². The van der Waals surface area contributed by atoms with Gasteiger partial charge in [0.25, 0.3) is 0 Å². The van der Waals surface area contributed by atoms with Crippen LogP contribution in [0.5, 0.6) is 17.2 Å². The quantitative estimate of drug-likeness (QED) is 0.606. The summed E-state index contributed by atoms with van der Waals surface area (Å²) in [4.78, 5) is 26.4. The summed E-state index contributed by atoms with van der Waals surface area (Å²) in [5.41, 5.74) is 1.69. The van der Waals surface area contributed by atoms with Crippen molar-refractivity contribution in [1.29, 1.82) is 0 Å². The van der Waals surface area contributed by atoms with Gasteiger partial charge < -0.3 is 23.7 Å². The highest BCUT2D eigenvalue weighted by molar-refractivity contribution is 6.22. The Morgan fingerprint density at radius 1 is 1.06 bits per heavy atom. The molecule has 1 fully saturated rings. The van der Waals surface area contributed by atoms with Crippen molar-refractivity contribution in [3.63, 3.8) is 0 Å². The average molecular weight is 465 g/mol. The van der Waals surface area contributed by atoms with E-state index >= 15 is 0 Å². The maximum absolute atomic E-state index is 13.5. The lowest BCUT2D eigenvalue weighted by Crippen LogP contribution is -2.46. The van der Waals surface area contributed by atoms with E-state index < -0.39 is 5.97 Å². The summed E-state index contributed by atoms with van der Waals surface area (Å²) in [5.74, 6) is 1.21. The fourth-order valence-electron chi connectivity index (χ4n) is 5.06. The summed E-state index contributed by atoms with van der Waals surface area (Å²) in [6, 6.07) is 12.5. The molecule has 4 unspecified atom stereocenters. The number of benzene rings is 2. The van der Waals surface area contributed by atoms with Crippen LogP contribution in [0.1, 0.15) is 42.1 Å². The van der Waals surface area contributed by atoms with Crippen LogP contribution in [-0.2, 0) is 14.3 Å². The van der Waals surface area contributed by atoms with Gasteiger partial charge in [0.1, 0.15) is 36.7 Å². The Hall–Kier alpha value is -3.48. The van der Waals surface area contributed by atoms with Gasteiger partial charge in [0, 0.05) is 6.42 Å². The molecule has 3 aliphatic rings. The highest BCUT2D eigenvalue weighted by atomic mass is 16.6. The van der Waals surface area contributed by atoms with Crippen LogP contribution in [0.4, 0.5) is 0 Å². The lowest BCUT2D eigenvalue weighted by Gasteiger charge is -2.41. The standard InChI is InChI=1S/C27H28O7/c1-3-16-12-19-24(14-23(16)34-27(29)18-6-4-5-7-21(18)30-2)33-15-20(26(19)28)17-8-9-22-25(13-17)32-11-10-31-22/h4-9,13,15-16,19,23-24H,3,10-12,14H2,1-2H3. The Labute approximate surface area is 198 Å². The van der Waals surface area contributed by atoms with Crippen LogP contribution in [0.3, 0.4) is 0 Å². The molecule has 0 saturated heterocycles. The Balaban J connectivity index is 1.33. The van der Waals surface area contributed by atoms with E-state index in [1.165, 1.54) is 7.11 Å². The molecule has 1 aliphatic carbocycles. The molecule has 0 aromatic heterocycles. The van der Waals surface area contributed by atoms with Crippen LogP contribution in [0, 0.1) is 11.8 Å².